The maximum atomic E-state index is 9.28. The van der Waals surface area contributed by atoms with E-state index in [9.17, 15) is 5.41 Å². The first-order chi connectivity index (χ1) is 17.8. The Hall–Kier alpha value is -3.96. The fraction of sp³-hybridized carbons (Fsp3) is 0.226. The van der Waals surface area contributed by atoms with Gasteiger partial charge in [-0.05, 0) is 29.5 Å². The molecule has 0 saturated carbocycles. The second kappa shape index (κ2) is 9.96. The van der Waals surface area contributed by atoms with Gasteiger partial charge in [-0.3, -0.25) is 10.3 Å². The number of fused-ring (bicyclic) bond motifs is 1. The van der Waals surface area contributed by atoms with Crippen molar-refractivity contribution >= 4 is 11.0 Å². The third-order valence-corrected chi connectivity index (χ3v) is 7.33. The monoisotopic (exact) mass is 473 g/mol. The Kier molecular flexibility index (Phi) is 6.22. The van der Waals surface area contributed by atoms with Gasteiger partial charge in [0, 0.05) is 44.0 Å². The smallest absolute Gasteiger partial charge is 0.146 e. The zero-order valence-electron chi connectivity index (χ0n) is 20.4. The lowest BCUT2D eigenvalue weighted by molar-refractivity contribution is 0.177. The first-order valence-corrected chi connectivity index (χ1v) is 12.8. The normalized spacial score (nSPS) is 14.9. The number of benzene rings is 3. The lowest BCUT2D eigenvalue weighted by Gasteiger charge is -2.33. The Morgan fingerprint density at radius 2 is 1.33 bits per heavy atom. The van der Waals surface area contributed by atoms with Gasteiger partial charge < -0.3 is 9.13 Å². The summed E-state index contributed by atoms with van der Waals surface area (Å²) < 4.78 is 4.30. The van der Waals surface area contributed by atoms with Crippen LogP contribution in [0.1, 0.15) is 30.0 Å². The van der Waals surface area contributed by atoms with Crippen LogP contribution in [0.5, 0.6) is 0 Å². The molecule has 3 heterocycles. The van der Waals surface area contributed by atoms with Gasteiger partial charge in [0.15, 0.2) is 0 Å². The maximum Gasteiger partial charge on any atom is 0.146 e. The van der Waals surface area contributed by atoms with E-state index in [4.69, 9.17) is 4.98 Å². The van der Waals surface area contributed by atoms with Crippen LogP contribution in [-0.2, 0) is 13.1 Å². The third-order valence-electron chi connectivity index (χ3n) is 7.33. The summed E-state index contributed by atoms with van der Waals surface area (Å²) in [5.41, 5.74) is 6.23. The van der Waals surface area contributed by atoms with Gasteiger partial charge in [0.25, 0.3) is 0 Å². The van der Waals surface area contributed by atoms with Crippen molar-refractivity contribution in [3.63, 3.8) is 0 Å². The molecule has 180 valence electrons. The lowest BCUT2D eigenvalue weighted by Crippen LogP contribution is -2.37. The summed E-state index contributed by atoms with van der Waals surface area (Å²) >= 11 is 0. The van der Waals surface area contributed by atoms with Crippen LogP contribution in [0.4, 0.5) is 0 Å². The highest BCUT2D eigenvalue weighted by Gasteiger charge is 2.23. The number of piperidine rings is 1. The minimum atomic E-state index is 0.294. The van der Waals surface area contributed by atoms with Crippen molar-refractivity contribution in [1.82, 2.24) is 19.0 Å². The van der Waals surface area contributed by atoms with Crippen molar-refractivity contribution in [2.45, 2.75) is 32.0 Å². The van der Waals surface area contributed by atoms with Gasteiger partial charge in [0.2, 0.25) is 0 Å². The summed E-state index contributed by atoms with van der Waals surface area (Å²) in [7, 11) is 0. The number of hydrogen-bond acceptors (Lipinski definition) is 3. The molecule has 0 unspecified atom stereocenters. The van der Waals surface area contributed by atoms with E-state index in [0.29, 0.717) is 11.5 Å². The zero-order chi connectivity index (χ0) is 24.3. The molecule has 0 atom stereocenters. The van der Waals surface area contributed by atoms with Crippen molar-refractivity contribution in [3.8, 4) is 11.1 Å². The fourth-order valence-electron chi connectivity index (χ4n) is 5.43. The van der Waals surface area contributed by atoms with E-state index >= 15 is 0 Å². The van der Waals surface area contributed by atoms with Crippen molar-refractivity contribution < 1.29 is 0 Å². The van der Waals surface area contributed by atoms with Crippen LogP contribution in [0.3, 0.4) is 0 Å². The molecule has 6 rings (SSSR count). The molecule has 3 aromatic carbocycles. The number of hydrogen-bond donors (Lipinski definition) is 1. The summed E-state index contributed by atoms with van der Waals surface area (Å²) in [4.78, 5) is 7.46. The quantitative estimate of drug-likeness (QED) is 0.335. The summed E-state index contributed by atoms with van der Waals surface area (Å²) in [5, 5.41) is 10.2. The number of aromatic nitrogens is 3. The Bertz CT molecular complexity index is 1500. The lowest BCUT2D eigenvalue weighted by atomic mass is 10.0. The summed E-state index contributed by atoms with van der Waals surface area (Å²) in [6.07, 6.45) is 6.13. The van der Waals surface area contributed by atoms with Crippen molar-refractivity contribution in [2.24, 2.45) is 0 Å². The van der Waals surface area contributed by atoms with E-state index < -0.39 is 0 Å². The number of nitrogens with zero attached hydrogens (tertiary/aromatic N) is 4. The van der Waals surface area contributed by atoms with Gasteiger partial charge in [-0.25, -0.2) is 4.98 Å². The Labute approximate surface area is 211 Å². The number of nitrogens with one attached hydrogen (secondary N) is 1. The summed E-state index contributed by atoms with van der Waals surface area (Å²) in [6, 6.07) is 31.9. The van der Waals surface area contributed by atoms with Crippen molar-refractivity contribution in [2.75, 3.05) is 13.1 Å². The van der Waals surface area contributed by atoms with E-state index in [-0.39, 0.29) is 0 Å². The van der Waals surface area contributed by atoms with Gasteiger partial charge in [-0.15, -0.1) is 0 Å². The Morgan fingerprint density at radius 3 is 1.97 bits per heavy atom. The van der Waals surface area contributed by atoms with E-state index in [1.165, 1.54) is 11.1 Å². The molecule has 0 spiro atoms. The van der Waals surface area contributed by atoms with Crippen molar-refractivity contribution in [3.05, 3.63) is 120 Å². The van der Waals surface area contributed by atoms with Gasteiger partial charge in [0.1, 0.15) is 11.1 Å². The Morgan fingerprint density at radius 1 is 0.750 bits per heavy atom. The summed E-state index contributed by atoms with van der Waals surface area (Å²) in [6.45, 7) is 3.79. The van der Waals surface area contributed by atoms with E-state index in [2.05, 4.69) is 99.1 Å². The van der Waals surface area contributed by atoms with Crippen LogP contribution in [0.2, 0.25) is 0 Å². The van der Waals surface area contributed by atoms with Gasteiger partial charge in [0.05, 0.1) is 11.7 Å². The van der Waals surface area contributed by atoms with Gasteiger partial charge in [-0.2, -0.15) is 0 Å². The second-order valence-electron chi connectivity index (χ2n) is 9.71. The molecular weight excluding hydrogens is 442 g/mol. The third kappa shape index (κ3) is 4.50. The van der Waals surface area contributed by atoms with Gasteiger partial charge in [-0.1, -0.05) is 91.0 Å². The van der Waals surface area contributed by atoms with E-state index in [1.807, 2.05) is 18.5 Å². The first kappa shape index (κ1) is 22.5. The predicted octanol–water partition coefficient (Wildman–Crippen LogP) is 5.87. The molecule has 1 aliphatic rings. The van der Waals surface area contributed by atoms with Crippen molar-refractivity contribution in [1.29, 1.82) is 5.41 Å². The minimum absolute atomic E-state index is 0.294. The Balaban J connectivity index is 1.33. The summed E-state index contributed by atoms with van der Waals surface area (Å²) in [5.74, 6) is 0. The molecule has 36 heavy (non-hydrogen) atoms. The standard InChI is InChI=1S/C31H31N5/c32-30-29-28(26-14-8-3-9-15-26)22-35(21-25-12-6-2-7-13-25)31(29)33-23-36(30)27-16-18-34(19-17-27)20-24-10-4-1-5-11-24/h1-15,22-23,27,32H,16-21H2. The average molecular weight is 474 g/mol. The van der Waals surface area contributed by atoms with Crippen LogP contribution in [0.15, 0.2) is 104 Å². The molecule has 0 radical (unpaired) electrons. The first-order valence-electron chi connectivity index (χ1n) is 12.8. The molecule has 0 amide bonds. The SMILES string of the molecule is N=c1c2c(-c3ccccc3)cn(Cc3ccccc3)c2ncn1C1CCN(Cc2ccccc2)CC1. The topological polar surface area (TPSA) is 49.8 Å². The minimum Gasteiger partial charge on any atom is -0.327 e. The highest BCUT2D eigenvalue weighted by molar-refractivity contribution is 5.93. The zero-order valence-corrected chi connectivity index (χ0v) is 20.4. The molecule has 1 fully saturated rings. The molecule has 1 aliphatic heterocycles. The molecule has 2 aromatic heterocycles. The molecule has 0 aliphatic carbocycles. The van der Waals surface area contributed by atoms with Crippen LogP contribution in [-0.4, -0.2) is 32.1 Å². The average Bonchev–Trinajstić information content (AvgIpc) is 3.30. The van der Waals surface area contributed by atoms with Crippen LogP contribution < -0.4 is 5.49 Å². The largest absolute Gasteiger partial charge is 0.327 e. The van der Waals surface area contributed by atoms with E-state index in [0.717, 1.165) is 61.2 Å². The predicted molar refractivity (Wildman–Crippen MR) is 145 cm³/mol. The molecular formula is C31H31N5. The number of rotatable bonds is 6. The van der Waals surface area contributed by atoms with Crippen LogP contribution in [0.25, 0.3) is 22.2 Å². The molecule has 5 aromatic rings. The molecule has 1 N–H and O–H groups in total. The van der Waals surface area contributed by atoms with Crippen LogP contribution >= 0.6 is 0 Å². The molecule has 5 nitrogen and oxygen atoms in total. The molecule has 5 heteroatoms. The fourth-order valence-corrected chi connectivity index (χ4v) is 5.43. The highest BCUT2D eigenvalue weighted by atomic mass is 15.2. The highest BCUT2D eigenvalue weighted by Crippen LogP contribution is 2.29. The maximum absolute atomic E-state index is 9.28. The molecule has 1 saturated heterocycles. The second-order valence-corrected chi connectivity index (χ2v) is 9.71. The van der Waals surface area contributed by atoms with Crippen LogP contribution in [0, 0.1) is 5.41 Å². The molecule has 0 bridgehead atoms. The van der Waals surface area contributed by atoms with Gasteiger partial charge >= 0.3 is 0 Å². The number of likely N-dealkylation sites (tertiary alicyclic amines) is 1. The van der Waals surface area contributed by atoms with E-state index in [1.54, 1.807) is 0 Å².